The zero-order valence-electron chi connectivity index (χ0n) is 49.3. The molecular formula is C58H102O25. The second-order valence-electron chi connectivity index (χ2n) is 23.7. The summed E-state index contributed by atoms with van der Waals surface area (Å²) in [5.41, 5.74) is 0. The lowest BCUT2D eigenvalue weighted by Crippen LogP contribution is -2.68. The van der Waals surface area contributed by atoms with Gasteiger partial charge in [0.05, 0.1) is 37.6 Å². The van der Waals surface area contributed by atoms with Crippen LogP contribution in [0.4, 0.5) is 0 Å². The molecule has 83 heavy (non-hydrogen) atoms. The van der Waals surface area contributed by atoms with E-state index < -0.39 is 179 Å². The number of aliphatic hydroxyl groups excluding tert-OH is 11. The van der Waals surface area contributed by atoms with Crippen molar-refractivity contribution in [2.75, 3.05) is 13.2 Å². The Morgan fingerprint density at radius 1 is 0.458 bits per heavy atom. The molecule has 0 amide bonds. The van der Waals surface area contributed by atoms with Gasteiger partial charge >= 0.3 is 11.9 Å². The third-order valence-corrected chi connectivity index (χ3v) is 17.0. The predicted octanol–water partition coefficient (Wildman–Crippen LogP) is 1.68. The normalized spacial score (nSPS) is 42.8. The fraction of sp³-hybridized carbons (Fsp3) is 0.966. The van der Waals surface area contributed by atoms with Gasteiger partial charge in [-0.3, -0.25) is 9.59 Å². The summed E-state index contributed by atoms with van der Waals surface area (Å²) in [5, 5.41) is 123. The smallest absolute Gasteiger partial charge is 0.306 e. The Balaban J connectivity index is 1.21. The van der Waals surface area contributed by atoms with Crippen molar-refractivity contribution in [2.24, 2.45) is 0 Å². The highest BCUT2D eigenvalue weighted by Crippen LogP contribution is 2.38. The highest BCUT2D eigenvalue weighted by Gasteiger charge is 2.57. The molecular weight excluding hydrogens is 1100 g/mol. The van der Waals surface area contributed by atoms with Crippen LogP contribution in [0.1, 0.15) is 182 Å². The van der Waals surface area contributed by atoms with E-state index in [4.69, 9.17) is 56.8 Å². The Kier molecular flexibility index (Phi) is 29.9. The van der Waals surface area contributed by atoms with Gasteiger partial charge in [-0.05, 0) is 46.5 Å². The van der Waals surface area contributed by atoms with Crippen LogP contribution in [0.5, 0.6) is 0 Å². The monoisotopic (exact) mass is 1200 g/mol. The van der Waals surface area contributed by atoms with E-state index in [-0.39, 0.29) is 18.9 Å². The molecule has 0 spiro atoms. The summed E-state index contributed by atoms with van der Waals surface area (Å²) in [7, 11) is 0. The second-order valence-corrected chi connectivity index (χ2v) is 23.7. The van der Waals surface area contributed by atoms with E-state index >= 15 is 0 Å². The molecule has 6 heterocycles. The van der Waals surface area contributed by atoms with Gasteiger partial charge in [0.1, 0.15) is 91.6 Å². The minimum absolute atomic E-state index is 0.0466. The van der Waals surface area contributed by atoms with Crippen LogP contribution >= 0.6 is 0 Å². The van der Waals surface area contributed by atoms with E-state index in [2.05, 4.69) is 13.8 Å². The number of unbranched alkanes of at least 4 members (excludes halogenated alkanes) is 10. The van der Waals surface area contributed by atoms with Gasteiger partial charge in [-0.25, -0.2) is 0 Å². The van der Waals surface area contributed by atoms with Crippen molar-refractivity contribution in [3.63, 3.8) is 0 Å². The van der Waals surface area contributed by atoms with Crippen molar-refractivity contribution in [1.82, 2.24) is 0 Å². The maximum atomic E-state index is 13.7. The van der Waals surface area contributed by atoms with Crippen molar-refractivity contribution < 1.29 is 123 Å². The molecule has 6 saturated heterocycles. The number of carbonyl (C=O) groups is 2. The van der Waals surface area contributed by atoms with Gasteiger partial charge in [0.15, 0.2) is 43.7 Å². The molecule has 25 heteroatoms. The van der Waals surface area contributed by atoms with Crippen molar-refractivity contribution in [3.05, 3.63) is 0 Å². The molecule has 6 rings (SSSR count). The van der Waals surface area contributed by atoms with E-state index in [1.807, 2.05) is 0 Å². The Morgan fingerprint density at radius 2 is 0.964 bits per heavy atom. The van der Waals surface area contributed by atoms with Gasteiger partial charge in [-0.2, -0.15) is 0 Å². The number of hydrogen-bond acceptors (Lipinski definition) is 25. The lowest BCUT2D eigenvalue weighted by atomic mass is 9.95. The molecule has 6 fully saturated rings. The van der Waals surface area contributed by atoms with Gasteiger partial charge in [-0.15, -0.1) is 0 Å². The summed E-state index contributed by atoms with van der Waals surface area (Å²) in [6.45, 7) is 7.20. The van der Waals surface area contributed by atoms with Crippen LogP contribution in [0.3, 0.4) is 0 Å². The first kappa shape index (κ1) is 70.2. The van der Waals surface area contributed by atoms with Gasteiger partial charge in [-0.1, -0.05) is 123 Å². The molecule has 25 nitrogen and oxygen atoms in total. The van der Waals surface area contributed by atoms with Crippen LogP contribution in [0.15, 0.2) is 0 Å². The number of carbonyl (C=O) groups excluding carboxylic acids is 2. The number of hydrogen-bond donors (Lipinski definition) is 11. The maximum Gasteiger partial charge on any atom is 0.306 e. The van der Waals surface area contributed by atoms with Crippen LogP contribution in [-0.2, 0) is 66.4 Å². The Morgan fingerprint density at radius 3 is 1.63 bits per heavy atom. The molecule has 0 radical (unpaired) electrons. The Labute approximate surface area is 488 Å². The van der Waals surface area contributed by atoms with E-state index in [1.165, 1.54) is 46.5 Å². The third kappa shape index (κ3) is 19.5. The average molecular weight is 1200 g/mol. The molecule has 0 aromatic carbocycles. The second kappa shape index (κ2) is 35.3. The van der Waals surface area contributed by atoms with Crippen molar-refractivity contribution >= 4 is 11.9 Å². The lowest BCUT2D eigenvalue weighted by molar-refractivity contribution is -0.400. The lowest BCUT2D eigenvalue weighted by Gasteiger charge is -2.50. The molecule has 0 aromatic heterocycles. The standard InChI is InChI=1S/C58H102O25/c1-6-8-10-11-12-13-16-19-23-27-37(61)78-48-31(3)72-54(45(69)43(48)67)81-50-33(5)73-56(47(71)51(50)82-55-44(68)41(65)39(63)35(29-59)76-55)80-49-32(4)74-57-53(46(49)70)79-38(62)28-24-20-17-14-15-18-22-26-34(25-21-9-7-2)75-58-52(83-57)42(66)40(64)36(30-60)77-58/h31-36,39-60,63-71H,6-30H2,1-5H3. The fourth-order valence-electron chi connectivity index (χ4n) is 11.9. The van der Waals surface area contributed by atoms with Crippen LogP contribution in [0.2, 0.25) is 0 Å². The number of ether oxygens (including phenoxy) is 12. The van der Waals surface area contributed by atoms with Gasteiger partial charge in [0, 0.05) is 12.8 Å². The van der Waals surface area contributed by atoms with Gasteiger partial charge in [0.2, 0.25) is 0 Å². The highest BCUT2D eigenvalue weighted by atomic mass is 16.8. The minimum Gasteiger partial charge on any atom is -0.457 e. The third-order valence-electron chi connectivity index (χ3n) is 17.0. The molecule has 0 aliphatic carbocycles. The van der Waals surface area contributed by atoms with Crippen LogP contribution < -0.4 is 0 Å². The van der Waals surface area contributed by atoms with E-state index in [1.54, 1.807) is 0 Å². The van der Waals surface area contributed by atoms with Crippen molar-refractivity contribution in [2.45, 2.75) is 342 Å². The number of aliphatic hydroxyl groups is 11. The molecule has 11 N–H and O–H groups in total. The molecule has 6 aliphatic rings. The summed E-state index contributed by atoms with van der Waals surface area (Å²) in [6, 6.07) is 0. The van der Waals surface area contributed by atoms with Crippen LogP contribution in [0, 0.1) is 0 Å². The first-order valence-corrected chi connectivity index (χ1v) is 31.1. The molecule has 26 atom stereocenters. The van der Waals surface area contributed by atoms with E-state index in [0.717, 1.165) is 83.5 Å². The zero-order chi connectivity index (χ0) is 60.3. The molecule has 484 valence electrons. The predicted molar refractivity (Wildman–Crippen MR) is 290 cm³/mol. The maximum absolute atomic E-state index is 13.7. The summed E-state index contributed by atoms with van der Waals surface area (Å²) in [5.74, 6) is -1.32. The zero-order valence-corrected chi connectivity index (χ0v) is 49.3. The molecule has 0 aromatic rings. The molecule has 0 bridgehead atoms. The van der Waals surface area contributed by atoms with Gasteiger partial charge < -0.3 is 113 Å². The Hall–Kier alpha value is -1.90. The van der Waals surface area contributed by atoms with Crippen molar-refractivity contribution in [3.8, 4) is 0 Å². The largest absolute Gasteiger partial charge is 0.457 e. The summed E-state index contributed by atoms with van der Waals surface area (Å²) in [4.78, 5) is 26.7. The summed E-state index contributed by atoms with van der Waals surface area (Å²) >= 11 is 0. The highest BCUT2D eigenvalue weighted by molar-refractivity contribution is 5.70. The quantitative estimate of drug-likeness (QED) is 0.0512. The summed E-state index contributed by atoms with van der Waals surface area (Å²) < 4.78 is 73.6. The number of fused-ring (bicyclic) bond motifs is 2. The average Bonchev–Trinajstić information content (AvgIpc) is 3.52. The first-order valence-electron chi connectivity index (χ1n) is 31.1. The number of rotatable bonds is 23. The van der Waals surface area contributed by atoms with E-state index in [0.29, 0.717) is 25.7 Å². The molecule has 26 unspecified atom stereocenters. The Bertz CT molecular complexity index is 1840. The molecule has 6 aliphatic heterocycles. The SMILES string of the molecule is CCCCCCCCCCCC(=O)OC1C(C)OC(OC2C(C)OC(OC3C(C)OC4OC5C(OC(CCCCC)CCCCCCCCCC(=O)OC4C3O)OC(CO)C(O)C5O)C(O)C2OC2OC(CO)C(O)C(O)C2O)C(O)C1O. The van der Waals surface area contributed by atoms with E-state index in [9.17, 15) is 65.8 Å². The number of esters is 2. The topological polar surface area (TPSA) is 367 Å². The summed E-state index contributed by atoms with van der Waals surface area (Å²) in [6.07, 6.45) is -21.7. The van der Waals surface area contributed by atoms with Crippen molar-refractivity contribution in [1.29, 1.82) is 0 Å². The fourth-order valence-corrected chi connectivity index (χ4v) is 11.9. The van der Waals surface area contributed by atoms with Crippen LogP contribution in [-0.4, -0.2) is 241 Å². The minimum atomic E-state index is -2.01. The van der Waals surface area contributed by atoms with Crippen LogP contribution in [0.25, 0.3) is 0 Å². The molecule has 0 saturated carbocycles. The van der Waals surface area contributed by atoms with Gasteiger partial charge in [0.25, 0.3) is 0 Å². The first-order chi connectivity index (χ1) is 39.8.